The fraction of sp³-hybridized carbons (Fsp3) is 0.167. The number of carbonyl (C=O) groups is 1. The third kappa shape index (κ3) is 3.42. The lowest BCUT2D eigenvalue weighted by molar-refractivity contribution is -0.136. The lowest BCUT2D eigenvalue weighted by atomic mass is 10.2. The Hall–Kier alpha value is -2.10. The Morgan fingerprint density at radius 3 is 2.81 bits per heavy atom. The minimum atomic E-state index is -0.962. The summed E-state index contributed by atoms with van der Waals surface area (Å²) in [6.07, 6.45) is -0.0893. The van der Waals surface area contributed by atoms with Crippen LogP contribution in [0.1, 0.15) is 11.4 Å². The van der Waals surface area contributed by atoms with Crippen LogP contribution in [0.4, 0.5) is 14.5 Å². The average Bonchev–Trinajstić information content (AvgIpc) is 3.05. The van der Waals surface area contributed by atoms with Crippen LogP contribution in [0, 0.1) is 11.6 Å². The number of thiazole rings is 1. The number of carboxylic acid groups (broad SMARTS) is 1. The molecule has 1 N–H and O–H groups in total. The maximum Gasteiger partial charge on any atom is 0.304 e. The lowest BCUT2D eigenvalue weighted by Crippen LogP contribution is -2.40. The second-order valence-corrected chi connectivity index (χ2v) is 8.69. The quantitative estimate of drug-likeness (QED) is 0.606. The Balaban J connectivity index is 1.72. The molecule has 0 spiro atoms. The number of hydrogen-bond donors (Lipinski definition) is 1. The third-order valence-corrected chi connectivity index (χ3v) is 7.05. The Morgan fingerprint density at radius 2 is 2.04 bits per heavy atom. The summed E-state index contributed by atoms with van der Waals surface area (Å²) in [5, 5.41) is 9.38. The Morgan fingerprint density at radius 1 is 1.26 bits per heavy atom. The maximum atomic E-state index is 14.0. The molecule has 0 bridgehead atoms. The van der Waals surface area contributed by atoms with Crippen LogP contribution in [-0.2, 0) is 11.3 Å². The molecule has 0 amide bonds. The molecular weight excluding hydrogens is 410 g/mol. The second kappa shape index (κ2) is 7.14. The van der Waals surface area contributed by atoms with Gasteiger partial charge in [0.2, 0.25) is 0 Å². The maximum absolute atomic E-state index is 14.0. The van der Waals surface area contributed by atoms with E-state index in [0.717, 1.165) is 16.6 Å². The number of thioether (sulfide) groups is 1. The van der Waals surface area contributed by atoms with Gasteiger partial charge < -0.3 is 10.0 Å². The predicted octanol–water partition coefficient (Wildman–Crippen LogP) is 4.86. The molecule has 1 unspecified atom stereocenters. The standard InChI is InChI=1S/C18H12F2N2O2S3/c19-9-5-6-12-17(16(9)20)21-14(27-12)8-22-10-3-1-2-4-11(10)26-13(18(22)25)7-15(23)24/h1-6,13H,7-8H2,(H,23,24). The molecule has 1 aromatic heterocycles. The molecule has 0 aliphatic carbocycles. The van der Waals surface area contributed by atoms with E-state index >= 15 is 0 Å². The number of benzene rings is 2. The summed E-state index contributed by atoms with van der Waals surface area (Å²) in [6.45, 7) is 0.271. The molecule has 0 saturated carbocycles. The Labute approximate surface area is 166 Å². The molecule has 0 saturated heterocycles. The number of aromatic nitrogens is 1. The molecule has 4 nitrogen and oxygen atoms in total. The largest absolute Gasteiger partial charge is 0.481 e. The van der Waals surface area contributed by atoms with E-state index in [1.165, 1.54) is 29.2 Å². The van der Waals surface area contributed by atoms with Gasteiger partial charge in [0.25, 0.3) is 0 Å². The molecule has 4 rings (SSSR count). The van der Waals surface area contributed by atoms with E-state index in [1.54, 1.807) is 0 Å². The smallest absolute Gasteiger partial charge is 0.304 e. The van der Waals surface area contributed by atoms with E-state index in [-0.39, 0.29) is 23.7 Å². The highest BCUT2D eigenvalue weighted by Gasteiger charge is 2.32. The van der Waals surface area contributed by atoms with Gasteiger partial charge in [0.1, 0.15) is 10.5 Å². The normalized spacial score (nSPS) is 16.6. The first-order valence-electron chi connectivity index (χ1n) is 7.96. The monoisotopic (exact) mass is 422 g/mol. The van der Waals surface area contributed by atoms with E-state index in [2.05, 4.69) is 4.98 Å². The first-order chi connectivity index (χ1) is 12.9. The van der Waals surface area contributed by atoms with E-state index in [4.69, 9.17) is 12.2 Å². The van der Waals surface area contributed by atoms with Crippen molar-refractivity contribution in [1.29, 1.82) is 0 Å². The van der Waals surface area contributed by atoms with Crippen molar-refractivity contribution in [1.82, 2.24) is 4.98 Å². The Kier molecular flexibility index (Phi) is 4.83. The number of halogens is 2. The summed E-state index contributed by atoms with van der Waals surface area (Å²) in [7, 11) is 0. The van der Waals surface area contributed by atoms with Crippen molar-refractivity contribution in [3.63, 3.8) is 0 Å². The molecule has 27 heavy (non-hydrogen) atoms. The van der Waals surface area contributed by atoms with Crippen LogP contribution >= 0.6 is 35.3 Å². The molecule has 138 valence electrons. The number of carboxylic acids is 1. The highest BCUT2D eigenvalue weighted by atomic mass is 32.2. The van der Waals surface area contributed by atoms with Crippen molar-refractivity contribution in [3.8, 4) is 0 Å². The minimum Gasteiger partial charge on any atom is -0.481 e. The third-order valence-electron chi connectivity index (χ3n) is 4.12. The fourth-order valence-corrected chi connectivity index (χ4v) is 5.47. The summed E-state index contributed by atoms with van der Waals surface area (Å²) < 4.78 is 28.0. The summed E-state index contributed by atoms with van der Waals surface area (Å²) in [5.74, 6) is -2.82. The minimum absolute atomic E-state index is 0.00248. The summed E-state index contributed by atoms with van der Waals surface area (Å²) in [5.41, 5.74) is 0.864. The number of aliphatic carboxylic acids is 1. The zero-order valence-corrected chi connectivity index (χ0v) is 16.1. The molecular formula is C18H12F2N2O2S3. The van der Waals surface area contributed by atoms with Gasteiger partial charge in [-0.3, -0.25) is 4.79 Å². The van der Waals surface area contributed by atoms with Gasteiger partial charge in [-0.05, 0) is 24.3 Å². The predicted molar refractivity (Wildman–Crippen MR) is 107 cm³/mol. The second-order valence-electron chi connectivity index (χ2n) is 5.91. The highest BCUT2D eigenvalue weighted by Crippen LogP contribution is 2.42. The van der Waals surface area contributed by atoms with Crippen LogP contribution in [-0.4, -0.2) is 26.3 Å². The average molecular weight is 423 g/mol. The SMILES string of the molecule is O=C(O)CC1Sc2ccccc2N(Cc2nc3c(F)c(F)ccc3s2)C1=S. The van der Waals surface area contributed by atoms with E-state index in [0.29, 0.717) is 14.7 Å². The molecule has 3 aromatic rings. The van der Waals surface area contributed by atoms with E-state index in [9.17, 15) is 18.7 Å². The van der Waals surface area contributed by atoms with Crippen molar-refractivity contribution in [2.24, 2.45) is 0 Å². The highest BCUT2D eigenvalue weighted by molar-refractivity contribution is 8.02. The summed E-state index contributed by atoms with van der Waals surface area (Å²) in [4.78, 5) is 18.7. The lowest BCUT2D eigenvalue weighted by Gasteiger charge is -2.35. The number of hydrogen-bond acceptors (Lipinski definition) is 5. The van der Waals surface area contributed by atoms with Crippen LogP contribution < -0.4 is 4.90 Å². The van der Waals surface area contributed by atoms with Crippen LogP contribution in [0.2, 0.25) is 0 Å². The van der Waals surface area contributed by atoms with Crippen molar-refractivity contribution < 1.29 is 18.7 Å². The summed E-state index contributed by atoms with van der Waals surface area (Å²) >= 11 is 8.24. The number of rotatable bonds is 4. The van der Waals surface area contributed by atoms with Gasteiger partial charge >= 0.3 is 5.97 Å². The zero-order valence-electron chi connectivity index (χ0n) is 13.7. The van der Waals surface area contributed by atoms with Gasteiger partial charge in [0.05, 0.1) is 33.6 Å². The van der Waals surface area contributed by atoms with Crippen LogP contribution in [0.15, 0.2) is 41.3 Å². The fourth-order valence-electron chi connectivity index (χ4n) is 2.91. The Bertz CT molecular complexity index is 1070. The van der Waals surface area contributed by atoms with Crippen molar-refractivity contribution in [2.45, 2.75) is 23.1 Å². The zero-order chi connectivity index (χ0) is 19.1. The van der Waals surface area contributed by atoms with Crippen LogP contribution in [0.25, 0.3) is 10.2 Å². The van der Waals surface area contributed by atoms with Crippen LogP contribution in [0.5, 0.6) is 0 Å². The van der Waals surface area contributed by atoms with Crippen LogP contribution in [0.3, 0.4) is 0 Å². The first-order valence-corrected chi connectivity index (χ1v) is 10.1. The van der Waals surface area contributed by atoms with Gasteiger partial charge in [0.15, 0.2) is 11.6 Å². The number of nitrogens with zero attached hydrogens (tertiary/aromatic N) is 2. The number of thiocarbonyl (C=S) groups is 1. The number of anilines is 1. The van der Waals surface area contributed by atoms with Gasteiger partial charge in [-0.25, -0.2) is 13.8 Å². The number of fused-ring (bicyclic) bond motifs is 2. The number of para-hydroxylation sites is 1. The summed E-state index contributed by atoms with van der Waals surface area (Å²) in [6, 6.07) is 10.2. The topological polar surface area (TPSA) is 53.4 Å². The molecule has 0 fully saturated rings. The molecule has 2 aromatic carbocycles. The molecule has 1 aliphatic rings. The van der Waals surface area contributed by atoms with Crippen molar-refractivity contribution in [2.75, 3.05) is 4.90 Å². The van der Waals surface area contributed by atoms with Gasteiger partial charge in [-0.15, -0.1) is 23.1 Å². The van der Waals surface area contributed by atoms with Crippen molar-refractivity contribution in [3.05, 3.63) is 53.0 Å². The van der Waals surface area contributed by atoms with Crippen molar-refractivity contribution >= 4 is 62.2 Å². The molecule has 2 heterocycles. The van der Waals surface area contributed by atoms with E-state index < -0.39 is 17.6 Å². The van der Waals surface area contributed by atoms with Gasteiger partial charge in [-0.2, -0.15) is 0 Å². The van der Waals surface area contributed by atoms with Gasteiger partial charge in [-0.1, -0.05) is 24.4 Å². The van der Waals surface area contributed by atoms with Gasteiger partial charge in [0, 0.05) is 4.90 Å². The molecule has 1 atom stereocenters. The molecule has 0 radical (unpaired) electrons. The molecule has 9 heteroatoms. The molecule has 1 aliphatic heterocycles. The van der Waals surface area contributed by atoms with E-state index in [1.807, 2.05) is 29.2 Å². The first kappa shape index (κ1) is 18.3.